The van der Waals surface area contributed by atoms with E-state index in [0.717, 1.165) is 19.4 Å². The van der Waals surface area contributed by atoms with Crippen molar-refractivity contribution in [1.29, 1.82) is 0 Å². The Hall–Kier alpha value is -1.17. The molecule has 20 heavy (non-hydrogen) atoms. The average Bonchev–Trinajstić information content (AvgIpc) is 2.49. The second-order valence-corrected chi connectivity index (χ2v) is 5.75. The Morgan fingerprint density at radius 1 is 1.45 bits per heavy atom. The lowest BCUT2D eigenvalue weighted by Gasteiger charge is -2.34. The van der Waals surface area contributed by atoms with E-state index in [-0.39, 0.29) is 5.69 Å². The van der Waals surface area contributed by atoms with Gasteiger partial charge in [0.15, 0.2) is 11.5 Å². The summed E-state index contributed by atoms with van der Waals surface area (Å²) < 4.78 is 5.37. The van der Waals surface area contributed by atoms with Gasteiger partial charge in [0.2, 0.25) is 0 Å². The molecule has 1 heterocycles. The maximum absolute atomic E-state index is 11.9. The molecule has 1 aliphatic rings. The first-order valence-corrected chi connectivity index (χ1v) is 7.84. The van der Waals surface area contributed by atoms with Crippen molar-refractivity contribution >= 4 is 27.7 Å². The first-order valence-electron chi connectivity index (χ1n) is 7.04. The van der Waals surface area contributed by atoms with Gasteiger partial charge in [0, 0.05) is 12.6 Å². The molecule has 0 atom stereocenters. The van der Waals surface area contributed by atoms with Crippen molar-refractivity contribution in [2.75, 3.05) is 18.6 Å². The molecule has 110 valence electrons. The van der Waals surface area contributed by atoms with Crippen LogP contribution in [0.2, 0.25) is 0 Å². The number of ether oxygens (including phenoxy) is 1. The van der Waals surface area contributed by atoms with E-state index >= 15 is 0 Å². The van der Waals surface area contributed by atoms with Crippen molar-refractivity contribution in [2.24, 2.45) is 0 Å². The SMILES string of the molecule is CCN(c1ncc(Br)nc1C(=O)OC)C1CCCCC1. The minimum Gasteiger partial charge on any atom is -0.464 e. The van der Waals surface area contributed by atoms with Crippen molar-refractivity contribution < 1.29 is 9.53 Å². The minimum absolute atomic E-state index is 0.286. The lowest BCUT2D eigenvalue weighted by Crippen LogP contribution is -2.38. The number of halogens is 1. The third-order valence-corrected chi connectivity index (χ3v) is 4.11. The highest BCUT2D eigenvalue weighted by atomic mass is 79.9. The van der Waals surface area contributed by atoms with Crippen molar-refractivity contribution in [3.05, 3.63) is 16.5 Å². The molecule has 1 aromatic heterocycles. The molecule has 6 heteroatoms. The van der Waals surface area contributed by atoms with Gasteiger partial charge in [-0.25, -0.2) is 14.8 Å². The second kappa shape index (κ2) is 7.02. The number of carbonyl (C=O) groups excluding carboxylic acids is 1. The zero-order valence-corrected chi connectivity index (χ0v) is 13.5. The smallest absolute Gasteiger partial charge is 0.360 e. The minimum atomic E-state index is -0.442. The number of methoxy groups -OCH3 is 1. The van der Waals surface area contributed by atoms with Crippen LogP contribution in [0, 0.1) is 0 Å². The van der Waals surface area contributed by atoms with Crippen LogP contribution in [0.15, 0.2) is 10.8 Å². The average molecular weight is 342 g/mol. The van der Waals surface area contributed by atoms with Crippen LogP contribution < -0.4 is 4.90 Å². The number of hydrogen-bond acceptors (Lipinski definition) is 5. The summed E-state index contributed by atoms with van der Waals surface area (Å²) in [5.74, 6) is 0.192. The summed E-state index contributed by atoms with van der Waals surface area (Å²) in [6.07, 6.45) is 7.69. The first-order chi connectivity index (χ1) is 9.67. The first kappa shape index (κ1) is 15.2. The van der Waals surface area contributed by atoms with Gasteiger partial charge in [0.25, 0.3) is 0 Å². The topological polar surface area (TPSA) is 55.3 Å². The Morgan fingerprint density at radius 2 is 2.15 bits per heavy atom. The quantitative estimate of drug-likeness (QED) is 0.787. The molecule has 1 saturated carbocycles. The molecule has 0 spiro atoms. The number of nitrogens with zero attached hydrogens (tertiary/aromatic N) is 3. The Morgan fingerprint density at radius 3 is 2.75 bits per heavy atom. The molecule has 0 saturated heterocycles. The van der Waals surface area contributed by atoms with Crippen LogP contribution in [-0.2, 0) is 4.74 Å². The van der Waals surface area contributed by atoms with Crippen LogP contribution >= 0.6 is 15.9 Å². The van der Waals surface area contributed by atoms with E-state index in [9.17, 15) is 4.79 Å². The van der Waals surface area contributed by atoms with Crippen molar-refractivity contribution in [3.8, 4) is 0 Å². The molecule has 0 N–H and O–H groups in total. The summed E-state index contributed by atoms with van der Waals surface area (Å²) >= 11 is 3.26. The number of aromatic nitrogens is 2. The predicted molar refractivity (Wildman–Crippen MR) is 81.0 cm³/mol. The van der Waals surface area contributed by atoms with Crippen LogP contribution in [0.25, 0.3) is 0 Å². The predicted octanol–water partition coefficient (Wildman–Crippen LogP) is 3.18. The van der Waals surface area contributed by atoms with Gasteiger partial charge in [-0.2, -0.15) is 0 Å². The second-order valence-electron chi connectivity index (χ2n) is 4.93. The molecule has 0 amide bonds. The van der Waals surface area contributed by atoms with E-state index in [1.165, 1.54) is 26.4 Å². The van der Waals surface area contributed by atoms with E-state index in [4.69, 9.17) is 4.74 Å². The van der Waals surface area contributed by atoms with E-state index in [2.05, 4.69) is 37.7 Å². The lowest BCUT2D eigenvalue weighted by molar-refractivity contribution is 0.0594. The molecule has 0 unspecified atom stereocenters. The standard InChI is InChI=1S/C14H20BrN3O2/c1-3-18(10-7-5-4-6-8-10)13-12(14(19)20-2)17-11(15)9-16-13/h9-10H,3-8H2,1-2H3. The van der Waals surface area contributed by atoms with Crippen molar-refractivity contribution in [3.63, 3.8) is 0 Å². The Bertz CT molecular complexity index is 475. The van der Waals surface area contributed by atoms with Crippen molar-refractivity contribution in [2.45, 2.75) is 45.1 Å². The van der Waals surface area contributed by atoms with E-state index in [1.54, 1.807) is 6.20 Å². The molecule has 1 aromatic rings. The molecule has 0 aliphatic heterocycles. The summed E-state index contributed by atoms with van der Waals surface area (Å²) in [5, 5.41) is 0. The third-order valence-electron chi connectivity index (χ3n) is 3.73. The van der Waals surface area contributed by atoms with Crippen LogP contribution in [0.4, 0.5) is 5.82 Å². The number of anilines is 1. The fourth-order valence-corrected chi connectivity index (χ4v) is 3.06. The van der Waals surface area contributed by atoms with E-state index in [0.29, 0.717) is 16.5 Å². The maximum atomic E-state index is 11.9. The van der Waals surface area contributed by atoms with Crippen LogP contribution in [-0.4, -0.2) is 35.6 Å². The zero-order valence-electron chi connectivity index (χ0n) is 11.9. The molecular weight excluding hydrogens is 322 g/mol. The largest absolute Gasteiger partial charge is 0.464 e. The van der Waals surface area contributed by atoms with Crippen LogP contribution in [0.5, 0.6) is 0 Å². The molecule has 2 rings (SSSR count). The van der Waals surface area contributed by atoms with E-state index < -0.39 is 5.97 Å². The highest BCUT2D eigenvalue weighted by molar-refractivity contribution is 9.10. The summed E-state index contributed by atoms with van der Waals surface area (Å²) in [6, 6.07) is 0.438. The maximum Gasteiger partial charge on any atom is 0.360 e. The van der Waals surface area contributed by atoms with Gasteiger partial charge in [-0.15, -0.1) is 0 Å². The number of rotatable bonds is 4. The van der Waals surface area contributed by atoms with E-state index in [1.807, 2.05) is 0 Å². The highest BCUT2D eigenvalue weighted by Crippen LogP contribution is 2.28. The van der Waals surface area contributed by atoms with Gasteiger partial charge < -0.3 is 9.64 Å². The molecule has 0 aromatic carbocycles. The summed E-state index contributed by atoms with van der Waals surface area (Å²) in [5.41, 5.74) is 0.286. The number of esters is 1. The van der Waals surface area contributed by atoms with Crippen LogP contribution in [0.3, 0.4) is 0 Å². The third kappa shape index (κ3) is 3.29. The highest BCUT2D eigenvalue weighted by Gasteiger charge is 2.26. The Labute approximate surface area is 127 Å². The summed E-state index contributed by atoms with van der Waals surface area (Å²) in [4.78, 5) is 22.8. The van der Waals surface area contributed by atoms with Gasteiger partial charge in [0.1, 0.15) is 4.60 Å². The van der Waals surface area contributed by atoms with Gasteiger partial charge in [-0.3, -0.25) is 0 Å². The van der Waals surface area contributed by atoms with Gasteiger partial charge in [-0.05, 0) is 35.7 Å². The Balaban J connectivity index is 2.35. The normalized spacial score (nSPS) is 15.9. The molecule has 1 fully saturated rings. The zero-order chi connectivity index (χ0) is 14.5. The van der Waals surface area contributed by atoms with Gasteiger partial charge in [0.05, 0.1) is 13.3 Å². The summed E-state index contributed by atoms with van der Waals surface area (Å²) in [6.45, 7) is 2.89. The fourth-order valence-electron chi connectivity index (χ4n) is 2.78. The fraction of sp³-hybridized carbons (Fsp3) is 0.643. The van der Waals surface area contributed by atoms with Crippen LogP contribution in [0.1, 0.15) is 49.5 Å². The molecule has 0 radical (unpaired) electrons. The Kier molecular flexibility index (Phi) is 5.34. The monoisotopic (exact) mass is 341 g/mol. The molecule has 1 aliphatic carbocycles. The lowest BCUT2D eigenvalue weighted by atomic mass is 9.94. The van der Waals surface area contributed by atoms with Gasteiger partial charge >= 0.3 is 5.97 Å². The number of carbonyl (C=O) groups is 1. The van der Waals surface area contributed by atoms with Gasteiger partial charge in [-0.1, -0.05) is 19.3 Å². The van der Waals surface area contributed by atoms with Crippen molar-refractivity contribution in [1.82, 2.24) is 9.97 Å². The molecule has 5 nitrogen and oxygen atoms in total. The molecule has 0 bridgehead atoms. The summed E-state index contributed by atoms with van der Waals surface area (Å²) in [7, 11) is 1.37. The number of hydrogen-bond donors (Lipinski definition) is 0. The molecular formula is C14H20BrN3O2.